The van der Waals surface area contributed by atoms with Crippen molar-refractivity contribution in [2.24, 2.45) is 5.92 Å². The Labute approximate surface area is 172 Å². The molecule has 1 fully saturated rings. The molecule has 0 radical (unpaired) electrons. The van der Waals surface area contributed by atoms with Crippen LogP contribution in [0.25, 0.3) is 11.1 Å². The molecule has 0 spiro atoms. The Morgan fingerprint density at radius 3 is 2.62 bits per heavy atom. The lowest BCUT2D eigenvalue weighted by atomic mass is 9.93. The summed E-state index contributed by atoms with van der Waals surface area (Å²) < 4.78 is 0. The van der Waals surface area contributed by atoms with Crippen LogP contribution in [0, 0.1) is 5.92 Å². The van der Waals surface area contributed by atoms with E-state index in [0.717, 1.165) is 54.5 Å². The highest BCUT2D eigenvalue weighted by Gasteiger charge is 2.20. The van der Waals surface area contributed by atoms with Crippen LogP contribution in [0.4, 0.5) is 0 Å². The molecule has 0 saturated carbocycles. The molecule has 2 amide bonds. The van der Waals surface area contributed by atoms with Crippen LogP contribution in [-0.2, 0) is 22.7 Å². The zero-order chi connectivity index (χ0) is 20.1. The molecule has 0 aromatic heterocycles. The molecule has 2 aromatic carbocycles. The fraction of sp³-hybridized carbons (Fsp3) is 0.360. The van der Waals surface area contributed by atoms with Crippen molar-refractivity contribution in [3.63, 3.8) is 0 Å². The number of carbonyl (C=O) groups is 2. The number of hydrogen-bond donors (Lipinski definition) is 1. The Balaban J connectivity index is 1.42. The van der Waals surface area contributed by atoms with Gasteiger partial charge in [-0.25, -0.2) is 0 Å². The third-order valence-electron chi connectivity index (χ3n) is 5.92. The molecule has 1 atom stereocenters. The number of hydrogen-bond acceptors (Lipinski definition) is 2. The van der Waals surface area contributed by atoms with E-state index < -0.39 is 0 Å². The molecule has 1 aliphatic heterocycles. The highest BCUT2D eigenvalue weighted by molar-refractivity contribution is 5.79. The average molecular weight is 389 g/mol. The van der Waals surface area contributed by atoms with Gasteiger partial charge in [0.05, 0.1) is 0 Å². The van der Waals surface area contributed by atoms with Crippen LogP contribution < -0.4 is 5.32 Å². The van der Waals surface area contributed by atoms with Gasteiger partial charge in [-0.1, -0.05) is 60.7 Å². The Bertz CT molecular complexity index is 901. The average Bonchev–Trinajstić information content (AvgIpc) is 3.18. The molecular formula is C25H28N2O2. The quantitative estimate of drug-likeness (QED) is 0.744. The van der Waals surface area contributed by atoms with Gasteiger partial charge in [-0.3, -0.25) is 9.59 Å². The van der Waals surface area contributed by atoms with Crippen molar-refractivity contribution >= 4 is 11.8 Å². The van der Waals surface area contributed by atoms with E-state index in [0.29, 0.717) is 19.5 Å². The van der Waals surface area contributed by atoms with Gasteiger partial charge < -0.3 is 10.2 Å². The highest BCUT2D eigenvalue weighted by Crippen LogP contribution is 2.25. The summed E-state index contributed by atoms with van der Waals surface area (Å²) in [6.07, 6.45) is 8.67. The van der Waals surface area contributed by atoms with E-state index in [1.54, 1.807) is 0 Å². The SMILES string of the molecule is O=C(NCc1ccccc1-c1ccc(CN2CCCC2=O)cc1)C1CC=CCC1. The Morgan fingerprint density at radius 1 is 1.07 bits per heavy atom. The molecule has 1 N–H and O–H groups in total. The van der Waals surface area contributed by atoms with E-state index in [-0.39, 0.29) is 17.7 Å². The fourth-order valence-electron chi connectivity index (χ4n) is 4.20. The number of rotatable bonds is 6. The molecule has 2 aliphatic rings. The van der Waals surface area contributed by atoms with E-state index in [9.17, 15) is 9.59 Å². The lowest BCUT2D eigenvalue weighted by Crippen LogP contribution is -2.30. The van der Waals surface area contributed by atoms with Crippen molar-refractivity contribution in [1.82, 2.24) is 10.2 Å². The summed E-state index contributed by atoms with van der Waals surface area (Å²) in [5, 5.41) is 3.13. The van der Waals surface area contributed by atoms with Crippen molar-refractivity contribution in [3.05, 3.63) is 71.8 Å². The summed E-state index contributed by atoms with van der Waals surface area (Å²) in [5.41, 5.74) is 4.54. The van der Waals surface area contributed by atoms with E-state index in [1.165, 1.54) is 0 Å². The predicted molar refractivity (Wildman–Crippen MR) is 115 cm³/mol. The smallest absolute Gasteiger partial charge is 0.223 e. The van der Waals surface area contributed by atoms with Gasteiger partial charge in [-0.2, -0.15) is 0 Å². The van der Waals surface area contributed by atoms with Crippen LogP contribution in [0.3, 0.4) is 0 Å². The standard InChI is InChI=1S/C25H28N2O2/c28-24-11-6-16-27(24)18-19-12-14-20(15-13-19)23-10-5-4-9-22(23)17-26-25(29)21-7-2-1-3-8-21/h1-2,4-5,9-10,12-15,21H,3,6-8,11,16-18H2,(H,26,29). The summed E-state index contributed by atoms with van der Waals surface area (Å²) in [5.74, 6) is 0.498. The van der Waals surface area contributed by atoms with Crippen LogP contribution in [0.1, 0.15) is 43.2 Å². The maximum Gasteiger partial charge on any atom is 0.223 e. The van der Waals surface area contributed by atoms with Gasteiger partial charge in [0.25, 0.3) is 0 Å². The number of benzene rings is 2. The maximum atomic E-state index is 12.5. The van der Waals surface area contributed by atoms with Crippen LogP contribution in [0.15, 0.2) is 60.7 Å². The van der Waals surface area contributed by atoms with Crippen molar-refractivity contribution in [1.29, 1.82) is 0 Å². The molecule has 0 bridgehead atoms. The number of nitrogens with zero attached hydrogens (tertiary/aromatic N) is 1. The molecule has 4 nitrogen and oxygen atoms in total. The van der Waals surface area contributed by atoms with Gasteiger partial charge in [-0.15, -0.1) is 0 Å². The first-order valence-corrected chi connectivity index (χ1v) is 10.6. The molecule has 1 saturated heterocycles. The van der Waals surface area contributed by atoms with E-state index in [4.69, 9.17) is 0 Å². The van der Waals surface area contributed by atoms with E-state index in [1.807, 2.05) is 17.0 Å². The van der Waals surface area contributed by atoms with Crippen LogP contribution >= 0.6 is 0 Å². The second-order valence-corrected chi connectivity index (χ2v) is 7.97. The van der Waals surface area contributed by atoms with Gasteiger partial charge >= 0.3 is 0 Å². The number of carbonyl (C=O) groups excluding carboxylic acids is 2. The molecule has 1 unspecified atom stereocenters. The van der Waals surface area contributed by atoms with Gasteiger partial charge in [0.1, 0.15) is 0 Å². The first kappa shape index (κ1) is 19.4. The molecule has 150 valence electrons. The minimum absolute atomic E-state index is 0.0970. The van der Waals surface area contributed by atoms with E-state index >= 15 is 0 Å². The molecule has 4 heteroatoms. The Kier molecular flexibility index (Phi) is 6.09. The van der Waals surface area contributed by atoms with Crippen molar-refractivity contribution in [2.45, 2.75) is 45.2 Å². The zero-order valence-electron chi connectivity index (χ0n) is 16.8. The molecular weight excluding hydrogens is 360 g/mol. The monoisotopic (exact) mass is 388 g/mol. The van der Waals surface area contributed by atoms with Crippen molar-refractivity contribution in [2.75, 3.05) is 6.54 Å². The first-order valence-electron chi connectivity index (χ1n) is 10.6. The van der Waals surface area contributed by atoms with Gasteiger partial charge in [0.15, 0.2) is 0 Å². The first-order chi connectivity index (χ1) is 14.2. The van der Waals surface area contributed by atoms with Crippen molar-refractivity contribution < 1.29 is 9.59 Å². The van der Waals surface area contributed by atoms with Crippen molar-refractivity contribution in [3.8, 4) is 11.1 Å². The van der Waals surface area contributed by atoms with Gasteiger partial charge in [0, 0.05) is 32.0 Å². The fourth-order valence-corrected chi connectivity index (χ4v) is 4.20. The summed E-state index contributed by atoms with van der Waals surface area (Å²) in [6.45, 7) is 2.09. The minimum Gasteiger partial charge on any atom is -0.352 e. The number of nitrogens with one attached hydrogen (secondary N) is 1. The third-order valence-corrected chi connectivity index (χ3v) is 5.92. The lowest BCUT2D eigenvalue weighted by Gasteiger charge is -2.18. The number of allylic oxidation sites excluding steroid dienone is 2. The third kappa shape index (κ3) is 4.76. The molecule has 4 rings (SSSR count). The van der Waals surface area contributed by atoms with Crippen LogP contribution in [-0.4, -0.2) is 23.3 Å². The molecule has 2 aromatic rings. The summed E-state index contributed by atoms with van der Waals surface area (Å²) in [6, 6.07) is 16.7. The van der Waals surface area contributed by atoms with Crippen LogP contribution in [0.2, 0.25) is 0 Å². The normalized spacial score (nSPS) is 18.8. The molecule has 1 aliphatic carbocycles. The highest BCUT2D eigenvalue weighted by atomic mass is 16.2. The second-order valence-electron chi connectivity index (χ2n) is 7.97. The van der Waals surface area contributed by atoms with E-state index in [2.05, 4.69) is 53.9 Å². The lowest BCUT2D eigenvalue weighted by molar-refractivity contribution is -0.128. The summed E-state index contributed by atoms with van der Waals surface area (Å²) >= 11 is 0. The Hall–Kier alpha value is -2.88. The van der Waals surface area contributed by atoms with Gasteiger partial charge in [0.2, 0.25) is 11.8 Å². The molecule has 29 heavy (non-hydrogen) atoms. The maximum absolute atomic E-state index is 12.5. The minimum atomic E-state index is 0.0970. The van der Waals surface area contributed by atoms with Gasteiger partial charge in [-0.05, 0) is 47.9 Å². The summed E-state index contributed by atoms with van der Waals surface area (Å²) in [7, 11) is 0. The second kappa shape index (κ2) is 9.08. The summed E-state index contributed by atoms with van der Waals surface area (Å²) in [4.78, 5) is 26.2. The molecule has 1 heterocycles. The largest absolute Gasteiger partial charge is 0.352 e. The number of likely N-dealkylation sites (tertiary alicyclic amines) is 1. The number of amides is 2. The van der Waals surface area contributed by atoms with Crippen LogP contribution in [0.5, 0.6) is 0 Å². The Morgan fingerprint density at radius 2 is 1.90 bits per heavy atom. The predicted octanol–water partition coefficient (Wildman–Crippen LogP) is 4.45. The zero-order valence-corrected chi connectivity index (χ0v) is 16.8. The topological polar surface area (TPSA) is 49.4 Å².